The average Bonchev–Trinajstić information content (AvgIpc) is 3.25. The molecule has 4 rings (SSSR count). The minimum atomic E-state index is 0.688. The lowest BCUT2D eigenvalue weighted by Crippen LogP contribution is -2.28. The number of nitrogens with one attached hydrogen (secondary N) is 1. The number of aromatic nitrogens is 6. The van der Waals surface area contributed by atoms with Crippen molar-refractivity contribution in [2.45, 2.75) is 33.0 Å². The fourth-order valence-electron chi connectivity index (χ4n) is 2.61. The van der Waals surface area contributed by atoms with Crippen LogP contribution in [-0.4, -0.2) is 36.1 Å². The van der Waals surface area contributed by atoms with Gasteiger partial charge in [-0.05, 0) is 12.5 Å². The highest BCUT2D eigenvalue weighted by Crippen LogP contribution is 2.21. The molecular formula is C14H17N7S. The summed E-state index contributed by atoms with van der Waals surface area (Å²) in [5.41, 5.74) is 2.13. The number of hydrogen-bond donors (Lipinski definition) is 1. The van der Waals surface area contributed by atoms with Gasteiger partial charge in [-0.25, -0.2) is 4.98 Å². The molecule has 0 unspecified atom stereocenters. The van der Waals surface area contributed by atoms with Crippen LogP contribution in [0, 0.1) is 0 Å². The van der Waals surface area contributed by atoms with Gasteiger partial charge in [0.2, 0.25) is 0 Å². The third-order valence-electron chi connectivity index (χ3n) is 3.73. The maximum absolute atomic E-state index is 4.68. The molecule has 3 aromatic heterocycles. The van der Waals surface area contributed by atoms with Gasteiger partial charge in [0.1, 0.15) is 15.7 Å². The van der Waals surface area contributed by atoms with Crippen molar-refractivity contribution in [3.05, 3.63) is 34.2 Å². The minimum Gasteiger partial charge on any atom is -0.323 e. The van der Waals surface area contributed by atoms with Crippen LogP contribution in [0.1, 0.15) is 22.6 Å². The van der Waals surface area contributed by atoms with Gasteiger partial charge in [-0.15, -0.1) is 10.2 Å². The van der Waals surface area contributed by atoms with Crippen LogP contribution < -0.4 is 5.32 Å². The Morgan fingerprint density at radius 2 is 2.23 bits per heavy atom. The van der Waals surface area contributed by atoms with Crippen LogP contribution in [0.25, 0.3) is 11.5 Å². The van der Waals surface area contributed by atoms with E-state index in [2.05, 4.69) is 47.8 Å². The Morgan fingerprint density at radius 1 is 1.32 bits per heavy atom. The van der Waals surface area contributed by atoms with Crippen molar-refractivity contribution in [2.24, 2.45) is 0 Å². The van der Waals surface area contributed by atoms with Crippen molar-refractivity contribution in [1.29, 1.82) is 0 Å². The van der Waals surface area contributed by atoms with E-state index < -0.39 is 0 Å². The van der Waals surface area contributed by atoms with Crippen molar-refractivity contribution in [2.75, 3.05) is 6.54 Å². The third kappa shape index (κ3) is 2.44. The first kappa shape index (κ1) is 13.6. The van der Waals surface area contributed by atoms with Crippen LogP contribution in [0.15, 0.2) is 18.5 Å². The third-order valence-corrected chi connectivity index (χ3v) is 4.78. The highest BCUT2D eigenvalue weighted by molar-refractivity contribution is 7.11. The molecule has 7 nitrogen and oxygen atoms in total. The van der Waals surface area contributed by atoms with E-state index in [0.717, 1.165) is 47.6 Å². The molecular weight excluding hydrogens is 298 g/mol. The second-order valence-electron chi connectivity index (χ2n) is 5.24. The van der Waals surface area contributed by atoms with E-state index in [0.29, 0.717) is 6.54 Å². The predicted octanol–water partition coefficient (Wildman–Crippen LogP) is 1.31. The Bertz CT molecular complexity index is 761. The van der Waals surface area contributed by atoms with Crippen molar-refractivity contribution in [3.63, 3.8) is 0 Å². The standard InChI is InChI=1S/C14H17N7S/c1-2-12-17-18-13(22-12)9-20-5-4-16-14(20)11-7-10-8-15-3-6-21(10)19-11/h4-5,7,15H,2-3,6,8-9H2,1H3. The normalized spacial score (nSPS) is 14.2. The molecule has 0 radical (unpaired) electrons. The molecule has 0 saturated carbocycles. The number of hydrogen-bond acceptors (Lipinski definition) is 6. The van der Waals surface area contributed by atoms with E-state index in [1.807, 2.05) is 12.4 Å². The van der Waals surface area contributed by atoms with E-state index in [1.165, 1.54) is 5.69 Å². The minimum absolute atomic E-state index is 0.688. The van der Waals surface area contributed by atoms with Crippen LogP contribution in [0.4, 0.5) is 0 Å². The molecule has 8 heteroatoms. The molecule has 114 valence electrons. The zero-order valence-corrected chi connectivity index (χ0v) is 13.2. The number of aryl methyl sites for hydroxylation is 1. The van der Waals surface area contributed by atoms with Gasteiger partial charge in [0.05, 0.1) is 18.8 Å². The number of rotatable bonds is 4. The lowest BCUT2D eigenvalue weighted by atomic mass is 10.3. The molecule has 1 aliphatic heterocycles. The van der Waals surface area contributed by atoms with E-state index in [1.54, 1.807) is 11.3 Å². The maximum atomic E-state index is 4.68. The highest BCUT2D eigenvalue weighted by Gasteiger charge is 2.16. The molecule has 0 saturated heterocycles. The molecule has 0 bridgehead atoms. The summed E-state index contributed by atoms with van der Waals surface area (Å²) in [7, 11) is 0. The van der Waals surface area contributed by atoms with Crippen LogP contribution >= 0.6 is 11.3 Å². The van der Waals surface area contributed by atoms with Gasteiger partial charge in [-0.1, -0.05) is 18.3 Å². The van der Waals surface area contributed by atoms with Crippen molar-refractivity contribution >= 4 is 11.3 Å². The Hall–Kier alpha value is -2.06. The van der Waals surface area contributed by atoms with Gasteiger partial charge in [0.25, 0.3) is 0 Å². The molecule has 3 aromatic rings. The summed E-state index contributed by atoms with van der Waals surface area (Å²) in [6, 6.07) is 2.11. The van der Waals surface area contributed by atoms with Crippen molar-refractivity contribution in [1.82, 2.24) is 34.8 Å². The number of imidazole rings is 1. The quantitative estimate of drug-likeness (QED) is 0.786. The number of fused-ring (bicyclic) bond motifs is 1. The first-order valence-electron chi connectivity index (χ1n) is 7.43. The van der Waals surface area contributed by atoms with Gasteiger partial charge in [0, 0.05) is 25.5 Å². The first-order valence-corrected chi connectivity index (χ1v) is 8.25. The van der Waals surface area contributed by atoms with Gasteiger partial charge in [-0.2, -0.15) is 5.10 Å². The molecule has 1 aliphatic rings. The van der Waals surface area contributed by atoms with Gasteiger partial charge < -0.3 is 9.88 Å². The van der Waals surface area contributed by atoms with E-state index in [-0.39, 0.29) is 0 Å². The monoisotopic (exact) mass is 315 g/mol. The molecule has 0 aromatic carbocycles. The summed E-state index contributed by atoms with van der Waals surface area (Å²) in [6.07, 6.45) is 4.71. The van der Waals surface area contributed by atoms with Crippen LogP contribution in [0.5, 0.6) is 0 Å². The van der Waals surface area contributed by atoms with E-state index >= 15 is 0 Å². The lowest BCUT2D eigenvalue weighted by molar-refractivity contribution is 0.476. The van der Waals surface area contributed by atoms with Gasteiger partial charge >= 0.3 is 0 Å². The zero-order valence-electron chi connectivity index (χ0n) is 12.4. The smallest absolute Gasteiger partial charge is 0.160 e. The summed E-state index contributed by atoms with van der Waals surface area (Å²) in [5, 5.41) is 18.5. The fourth-order valence-corrected chi connectivity index (χ4v) is 3.40. The molecule has 0 atom stereocenters. The van der Waals surface area contributed by atoms with Crippen LogP contribution in [0.3, 0.4) is 0 Å². The fraction of sp³-hybridized carbons (Fsp3) is 0.429. The van der Waals surface area contributed by atoms with Crippen molar-refractivity contribution < 1.29 is 0 Å². The predicted molar refractivity (Wildman–Crippen MR) is 83.5 cm³/mol. The molecule has 4 heterocycles. The average molecular weight is 315 g/mol. The SMILES string of the molecule is CCc1nnc(Cn2ccnc2-c2cc3n(n2)CCNC3)s1. The van der Waals surface area contributed by atoms with Gasteiger partial charge in [0.15, 0.2) is 5.82 Å². The van der Waals surface area contributed by atoms with Crippen molar-refractivity contribution in [3.8, 4) is 11.5 Å². The summed E-state index contributed by atoms with van der Waals surface area (Å²) < 4.78 is 4.15. The Balaban J connectivity index is 1.63. The largest absolute Gasteiger partial charge is 0.323 e. The molecule has 0 spiro atoms. The highest BCUT2D eigenvalue weighted by atomic mass is 32.1. The Kier molecular flexibility index (Phi) is 3.47. The lowest BCUT2D eigenvalue weighted by Gasteiger charge is -2.13. The Labute approximate surface area is 132 Å². The number of nitrogens with zero attached hydrogens (tertiary/aromatic N) is 6. The second kappa shape index (κ2) is 5.62. The Morgan fingerprint density at radius 3 is 3.05 bits per heavy atom. The van der Waals surface area contributed by atoms with Crippen LogP contribution in [-0.2, 0) is 26.1 Å². The molecule has 0 fully saturated rings. The van der Waals surface area contributed by atoms with E-state index in [9.17, 15) is 0 Å². The zero-order chi connectivity index (χ0) is 14.9. The van der Waals surface area contributed by atoms with Crippen LogP contribution in [0.2, 0.25) is 0 Å². The van der Waals surface area contributed by atoms with E-state index in [4.69, 9.17) is 0 Å². The molecule has 22 heavy (non-hydrogen) atoms. The summed E-state index contributed by atoms with van der Waals surface area (Å²) >= 11 is 1.66. The summed E-state index contributed by atoms with van der Waals surface area (Å²) in [5.74, 6) is 0.884. The first-order chi connectivity index (χ1) is 10.8. The summed E-state index contributed by atoms with van der Waals surface area (Å²) in [4.78, 5) is 4.48. The maximum Gasteiger partial charge on any atom is 0.160 e. The molecule has 1 N–H and O–H groups in total. The molecule has 0 aliphatic carbocycles. The second-order valence-corrected chi connectivity index (χ2v) is 6.39. The van der Waals surface area contributed by atoms with Gasteiger partial charge in [-0.3, -0.25) is 4.68 Å². The topological polar surface area (TPSA) is 73.5 Å². The summed E-state index contributed by atoms with van der Waals surface area (Å²) in [6.45, 7) is 5.52. The molecule has 0 amide bonds.